The molecule has 0 aliphatic rings. The minimum absolute atomic E-state index is 0.0320. The van der Waals surface area contributed by atoms with Crippen LogP contribution in [0.1, 0.15) is 38.1 Å². The number of benzene rings is 1. The van der Waals surface area contributed by atoms with Gasteiger partial charge in [0.05, 0.1) is 12.6 Å². The van der Waals surface area contributed by atoms with E-state index >= 15 is 0 Å². The number of hydrogen-bond donors (Lipinski definition) is 2. The maximum atomic E-state index is 12.0. The lowest BCUT2D eigenvalue weighted by Gasteiger charge is -2.22. The van der Waals surface area contributed by atoms with Gasteiger partial charge in [0.25, 0.3) is 0 Å². The minimum atomic E-state index is -0.297. The number of carbonyl (C=O) groups is 2. The molecule has 2 amide bonds. The lowest BCUT2D eigenvalue weighted by atomic mass is 10.1. The molecule has 1 unspecified atom stereocenters. The molecule has 0 saturated carbocycles. The van der Waals surface area contributed by atoms with Gasteiger partial charge in [0.1, 0.15) is 0 Å². The molecule has 5 heteroatoms. The van der Waals surface area contributed by atoms with E-state index in [0.29, 0.717) is 24.5 Å². The van der Waals surface area contributed by atoms with E-state index in [-0.39, 0.29) is 23.8 Å². The van der Waals surface area contributed by atoms with Crippen molar-refractivity contribution in [2.24, 2.45) is 5.92 Å². The number of Topliss-reactive ketones (excluding diaryl/α,β-unsaturated/α-hetero) is 1. The SMILES string of the molecule is CCOCC(NC(=O)Nc1cccc(C(C)=O)c1)C(C)C. The number of hydrogen-bond acceptors (Lipinski definition) is 3. The van der Waals surface area contributed by atoms with E-state index < -0.39 is 0 Å². The van der Waals surface area contributed by atoms with Crippen LogP contribution in [0.3, 0.4) is 0 Å². The third-order valence-electron chi connectivity index (χ3n) is 3.15. The first kappa shape index (κ1) is 17.2. The van der Waals surface area contributed by atoms with Crippen molar-refractivity contribution in [2.45, 2.75) is 33.7 Å². The van der Waals surface area contributed by atoms with Crippen molar-refractivity contribution in [3.05, 3.63) is 29.8 Å². The summed E-state index contributed by atoms with van der Waals surface area (Å²) in [6, 6.07) is 6.52. The second kappa shape index (κ2) is 8.42. The average molecular weight is 292 g/mol. The molecule has 0 fully saturated rings. The van der Waals surface area contributed by atoms with Gasteiger partial charge >= 0.3 is 6.03 Å². The summed E-state index contributed by atoms with van der Waals surface area (Å²) in [5, 5.41) is 5.63. The molecule has 0 aliphatic heterocycles. The minimum Gasteiger partial charge on any atom is -0.380 e. The molecule has 21 heavy (non-hydrogen) atoms. The highest BCUT2D eigenvalue weighted by atomic mass is 16.5. The molecule has 0 radical (unpaired) electrons. The van der Waals surface area contributed by atoms with Gasteiger partial charge in [0, 0.05) is 17.9 Å². The molecule has 1 rings (SSSR count). The number of urea groups is 1. The summed E-state index contributed by atoms with van der Waals surface area (Å²) in [5.74, 6) is 0.237. The molecular formula is C16H24N2O3. The lowest BCUT2D eigenvalue weighted by Crippen LogP contribution is -2.44. The molecule has 0 spiro atoms. The largest absolute Gasteiger partial charge is 0.380 e. The van der Waals surface area contributed by atoms with Crippen LogP contribution in [0.2, 0.25) is 0 Å². The van der Waals surface area contributed by atoms with Crippen molar-refractivity contribution in [1.82, 2.24) is 5.32 Å². The Morgan fingerprint density at radius 1 is 1.29 bits per heavy atom. The Labute approximate surface area is 126 Å². The van der Waals surface area contributed by atoms with Gasteiger partial charge in [-0.05, 0) is 31.9 Å². The topological polar surface area (TPSA) is 67.4 Å². The smallest absolute Gasteiger partial charge is 0.319 e. The van der Waals surface area contributed by atoms with Crippen molar-refractivity contribution in [3.8, 4) is 0 Å². The summed E-state index contributed by atoms with van der Waals surface area (Å²) in [7, 11) is 0. The number of nitrogens with one attached hydrogen (secondary N) is 2. The van der Waals surface area contributed by atoms with Crippen molar-refractivity contribution in [3.63, 3.8) is 0 Å². The average Bonchev–Trinajstić information content (AvgIpc) is 2.43. The number of rotatable bonds is 7. The highest BCUT2D eigenvalue weighted by Crippen LogP contribution is 2.11. The Bertz CT molecular complexity index is 486. The first-order valence-corrected chi connectivity index (χ1v) is 7.20. The fourth-order valence-corrected chi connectivity index (χ4v) is 1.80. The van der Waals surface area contributed by atoms with E-state index in [1.54, 1.807) is 24.3 Å². The zero-order valence-corrected chi connectivity index (χ0v) is 13.1. The summed E-state index contributed by atoms with van der Waals surface area (Å²) in [6.45, 7) is 8.57. The Morgan fingerprint density at radius 3 is 2.57 bits per heavy atom. The van der Waals surface area contributed by atoms with Crippen LogP contribution in [0.15, 0.2) is 24.3 Å². The van der Waals surface area contributed by atoms with Crippen LogP contribution in [0.5, 0.6) is 0 Å². The molecule has 0 aliphatic carbocycles. The monoisotopic (exact) mass is 292 g/mol. The Kier molecular flexibility index (Phi) is 6.88. The molecule has 5 nitrogen and oxygen atoms in total. The third-order valence-corrected chi connectivity index (χ3v) is 3.15. The van der Waals surface area contributed by atoms with Crippen LogP contribution >= 0.6 is 0 Å². The van der Waals surface area contributed by atoms with Crippen LogP contribution in [0.25, 0.3) is 0 Å². The maximum Gasteiger partial charge on any atom is 0.319 e. The maximum absolute atomic E-state index is 12.0. The van der Waals surface area contributed by atoms with E-state index in [1.165, 1.54) is 6.92 Å². The van der Waals surface area contributed by atoms with E-state index in [0.717, 1.165) is 0 Å². The third kappa shape index (κ3) is 5.95. The van der Waals surface area contributed by atoms with Gasteiger partial charge in [-0.3, -0.25) is 4.79 Å². The number of anilines is 1. The van der Waals surface area contributed by atoms with E-state index in [9.17, 15) is 9.59 Å². The van der Waals surface area contributed by atoms with E-state index in [1.807, 2.05) is 20.8 Å². The van der Waals surface area contributed by atoms with Gasteiger partial charge in [-0.15, -0.1) is 0 Å². The fourth-order valence-electron chi connectivity index (χ4n) is 1.80. The van der Waals surface area contributed by atoms with Crippen LogP contribution in [-0.2, 0) is 4.74 Å². The number of ether oxygens (including phenoxy) is 1. The zero-order valence-electron chi connectivity index (χ0n) is 13.1. The molecule has 116 valence electrons. The first-order chi connectivity index (χ1) is 9.93. The summed E-state index contributed by atoms with van der Waals surface area (Å²) in [6.07, 6.45) is 0. The van der Waals surface area contributed by atoms with Gasteiger partial charge in [0.2, 0.25) is 0 Å². The van der Waals surface area contributed by atoms with Crippen LogP contribution in [0, 0.1) is 5.92 Å². The Morgan fingerprint density at radius 2 is 2.00 bits per heavy atom. The second-order valence-corrected chi connectivity index (χ2v) is 5.25. The zero-order chi connectivity index (χ0) is 15.8. The highest BCUT2D eigenvalue weighted by molar-refractivity contribution is 5.96. The van der Waals surface area contributed by atoms with Gasteiger partial charge in [-0.1, -0.05) is 26.0 Å². The van der Waals surface area contributed by atoms with Gasteiger partial charge < -0.3 is 15.4 Å². The molecule has 0 bridgehead atoms. The molecule has 0 heterocycles. The van der Waals surface area contributed by atoms with Gasteiger partial charge in [-0.2, -0.15) is 0 Å². The van der Waals surface area contributed by atoms with Crippen LogP contribution in [0.4, 0.5) is 10.5 Å². The molecule has 0 aromatic heterocycles. The molecule has 0 saturated heterocycles. The van der Waals surface area contributed by atoms with Crippen LogP contribution in [-0.4, -0.2) is 31.1 Å². The highest BCUT2D eigenvalue weighted by Gasteiger charge is 2.16. The molecule has 1 aromatic rings. The van der Waals surface area contributed by atoms with E-state index in [2.05, 4.69) is 10.6 Å². The predicted octanol–water partition coefficient (Wildman–Crippen LogP) is 3.07. The molecule has 2 N–H and O–H groups in total. The first-order valence-electron chi connectivity index (χ1n) is 7.20. The standard InChI is InChI=1S/C16H24N2O3/c1-5-21-10-15(11(2)3)18-16(20)17-14-8-6-7-13(9-14)12(4)19/h6-9,11,15H,5,10H2,1-4H3,(H2,17,18,20). The Hall–Kier alpha value is -1.88. The van der Waals surface area contributed by atoms with Gasteiger partial charge in [0.15, 0.2) is 5.78 Å². The van der Waals surface area contributed by atoms with Crippen molar-refractivity contribution in [1.29, 1.82) is 0 Å². The molecule has 1 atom stereocenters. The number of carbonyl (C=O) groups excluding carboxylic acids is 2. The van der Waals surface area contributed by atoms with Gasteiger partial charge in [-0.25, -0.2) is 4.79 Å². The number of amides is 2. The summed E-state index contributed by atoms with van der Waals surface area (Å²) >= 11 is 0. The molecular weight excluding hydrogens is 268 g/mol. The summed E-state index contributed by atoms with van der Waals surface area (Å²) in [4.78, 5) is 23.3. The van der Waals surface area contributed by atoms with Crippen molar-refractivity contribution < 1.29 is 14.3 Å². The quantitative estimate of drug-likeness (QED) is 0.759. The Balaban J connectivity index is 2.63. The van der Waals surface area contributed by atoms with Crippen molar-refractivity contribution >= 4 is 17.5 Å². The predicted molar refractivity (Wildman–Crippen MR) is 83.7 cm³/mol. The second-order valence-electron chi connectivity index (χ2n) is 5.25. The molecule has 1 aromatic carbocycles. The lowest BCUT2D eigenvalue weighted by molar-refractivity contribution is 0.101. The summed E-state index contributed by atoms with van der Waals surface area (Å²) in [5.41, 5.74) is 1.17. The normalized spacial score (nSPS) is 12.0. The van der Waals surface area contributed by atoms with Crippen molar-refractivity contribution in [2.75, 3.05) is 18.5 Å². The fraction of sp³-hybridized carbons (Fsp3) is 0.500. The van der Waals surface area contributed by atoms with Crippen LogP contribution < -0.4 is 10.6 Å². The summed E-state index contributed by atoms with van der Waals surface area (Å²) < 4.78 is 5.37. The van der Waals surface area contributed by atoms with E-state index in [4.69, 9.17) is 4.74 Å². The number of ketones is 1.